The summed E-state index contributed by atoms with van der Waals surface area (Å²) in [4.78, 5) is 12.5. The fourth-order valence-corrected chi connectivity index (χ4v) is 3.15. The van der Waals surface area contributed by atoms with Crippen molar-refractivity contribution in [3.63, 3.8) is 0 Å². The van der Waals surface area contributed by atoms with Gasteiger partial charge in [0.1, 0.15) is 0 Å². The maximum atomic E-state index is 12.5. The van der Waals surface area contributed by atoms with Crippen LogP contribution in [0.3, 0.4) is 0 Å². The first kappa shape index (κ1) is 15.7. The molecule has 1 aliphatic rings. The number of benzene rings is 1. The quantitative estimate of drug-likeness (QED) is 0.859. The number of fused-ring (bicyclic) bond motifs is 1. The number of amides is 1. The van der Waals surface area contributed by atoms with Crippen LogP contribution in [-0.4, -0.2) is 34.8 Å². The standard InChI is InChI=1S/C18H24N4O/c1-3-19-13(2)12-20-18(23)17-15-10-7-11-16(15)22(21-17)14-8-5-4-6-9-14/h4-6,8-9,13,19H,3,7,10-12H2,1-2H3,(H,20,23)/t13-/m1/s1. The molecule has 1 amide bonds. The summed E-state index contributed by atoms with van der Waals surface area (Å²) in [5, 5.41) is 10.9. The van der Waals surface area contributed by atoms with Crippen molar-refractivity contribution in [2.24, 2.45) is 0 Å². The molecule has 0 radical (unpaired) electrons. The number of hydrogen-bond acceptors (Lipinski definition) is 3. The highest BCUT2D eigenvalue weighted by molar-refractivity contribution is 5.94. The first-order valence-corrected chi connectivity index (χ1v) is 8.38. The Bertz CT molecular complexity index is 678. The molecular weight excluding hydrogens is 288 g/mol. The van der Waals surface area contributed by atoms with Gasteiger partial charge >= 0.3 is 0 Å². The molecular formula is C18H24N4O. The second-order valence-electron chi connectivity index (χ2n) is 6.04. The van der Waals surface area contributed by atoms with Gasteiger partial charge in [0, 0.05) is 23.8 Å². The lowest BCUT2D eigenvalue weighted by atomic mass is 10.2. The molecule has 2 N–H and O–H groups in total. The molecule has 23 heavy (non-hydrogen) atoms. The lowest BCUT2D eigenvalue weighted by molar-refractivity contribution is 0.0944. The molecule has 1 atom stereocenters. The van der Waals surface area contributed by atoms with E-state index in [1.54, 1.807) is 0 Å². The van der Waals surface area contributed by atoms with Gasteiger partial charge in [0.05, 0.1) is 5.69 Å². The Labute approximate surface area is 137 Å². The number of carbonyl (C=O) groups is 1. The van der Waals surface area contributed by atoms with Crippen molar-refractivity contribution in [3.8, 4) is 5.69 Å². The SMILES string of the molecule is CCN[C@H](C)CNC(=O)c1nn(-c2ccccc2)c2c1CCC2. The first-order valence-electron chi connectivity index (χ1n) is 8.38. The normalized spacial score (nSPS) is 14.5. The van der Waals surface area contributed by atoms with Crippen LogP contribution < -0.4 is 10.6 Å². The molecule has 2 aromatic rings. The van der Waals surface area contributed by atoms with Gasteiger partial charge in [-0.05, 0) is 44.9 Å². The van der Waals surface area contributed by atoms with Crippen molar-refractivity contribution in [2.45, 2.75) is 39.2 Å². The molecule has 0 bridgehead atoms. The molecule has 122 valence electrons. The molecule has 1 aromatic carbocycles. The third-order valence-electron chi connectivity index (χ3n) is 4.27. The zero-order valence-electron chi connectivity index (χ0n) is 13.8. The number of nitrogens with one attached hydrogen (secondary N) is 2. The summed E-state index contributed by atoms with van der Waals surface area (Å²) in [6.07, 6.45) is 3.01. The van der Waals surface area contributed by atoms with Crippen LogP contribution >= 0.6 is 0 Å². The molecule has 0 aliphatic heterocycles. The van der Waals surface area contributed by atoms with E-state index in [4.69, 9.17) is 0 Å². The fourth-order valence-electron chi connectivity index (χ4n) is 3.15. The van der Waals surface area contributed by atoms with Gasteiger partial charge in [0.25, 0.3) is 5.91 Å². The summed E-state index contributed by atoms with van der Waals surface area (Å²) in [5.41, 5.74) is 3.90. The third kappa shape index (κ3) is 3.29. The van der Waals surface area contributed by atoms with Crippen LogP contribution in [0.5, 0.6) is 0 Å². The van der Waals surface area contributed by atoms with E-state index in [0.29, 0.717) is 12.2 Å². The summed E-state index contributed by atoms with van der Waals surface area (Å²) in [6.45, 7) is 5.64. The second-order valence-corrected chi connectivity index (χ2v) is 6.04. The van der Waals surface area contributed by atoms with E-state index in [-0.39, 0.29) is 11.9 Å². The van der Waals surface area contributed by atoms with Gasteiger partial charge in [-0.3, -0.25) is 4.79 Å². The summed E-state index contributed by atoms with van der Waals surface area (Å²) >= 11 is 0. The van der Waals surface area contributed by atoms with E-state index in [1.807, 2.05) is 35.0 Å². The van der Waals surface area contributed by atoms with Crippen LogP contribution in [0.1, 0.15) is 42.0 Å². The van der Waals surface area contributed by atoms with E-state index in [2.05, 4.69) is 29.6 Å². The zero-order chi connectivity index (χ0) is 16.2. The fraction of sp³-hybridized carbons (Fsp3) is 0.444. The van der Waals surface area contributed by atoms with Gasteiger partial charge in [0.2, 0.25) is 0 Å². The van der Waals surface area contributed by atoms with Crippen molar-refractivity contribution < 1.29 is 4.79 Å². The van der Waals surface area contributed by atoms with Gasteiger partial charge in [-0.25, -0.2) is 4.68 Å². The number of hydrogen-bond donors (Lipinski definition) is 2. The molecule has 0 unspecified atom stereocenters. The summed E-state index contributed by atoms with van der Waals surface area (Å²) in [5.74, 6) is -0.0671. The van der Waals surface area contributed by atoms with E-state index in [1.165, 1.54) is 5.69 Å². The summed E-state index contributed by atoms with van der Waals surface area (Å²) < 4.78 is 1.94. The highest BCUT2D eigenvalue weighted by atomic mass is 16.2. The average Bonchev–Trinajstić information content (AvgIpc) is 3.16. The highest BCUT2D eigenvalue weighted by Crippen LogP contribution is 2.27. The largest absolute Gasteiger partial charge is 0.349 e. The Morgan fingerprint density at radius 3 is 2.83 bits per heavy atom. The minimum absolute atomic E-state index is 0.0671. The number of nitrogens with zero attached hydrogens (tertiary/aromatic N) is 2. The lowest BCUT2D eigenvalue weighted by Crippen LogP contribution is -2.39. The predicted molar refractivity (Wildman–Crippen MR) is 91.1 cm³/mol. The molecule has 1 aliphatic carbocycles. The van der Waals surface area contributed by atoms with Crippen LogP contribution in [0.25, 0.3) is 5.69 Å². The van der Waals surface area contributed by atoms with E-state index < -0.39 is 0 Å². The Morgan fingerprint density at radius 1 is 1.30 bits per heavy atom. The number of para-hydroxylation sites is 1. The zero-order valence-corrected chi connectivity index (χ0v) is 13.8. The average molecular weight is 312 g/mol. The summed E-state index contributed by atoms with van der Waals surface area (Å²) in [6, 6.07) is 10.3. The van der Waals surface area contributed by atoms with Gasteiger partial charge in [-0.15, -0.1) is 0 Å². The maximum absolute atomic E-state index is 12.5. The van der Waals surface area contributed by atoms with Crippen molar-refractivity contribution >= 4 is 5.91 Å². The lowest BCUT2D eigenvalue weighted by Gasteiger charge is -2.12. The predicted octanol–water partition coefficient (Wildman–Crippen LogP) is 2.09. The van der Waals surface area contributed by atoms with Crippen molar-refractivity contribution in [1.82, 2.24) is 20.4 Å². The van der Waals surface area contributed by atoms with Crippen LogP contribution in [0.15, 0.2) is 30.3 Å². The Morgan fingerprint density at radius 2 is 2.09 bits per heavy atom. The van der Waals surface area contributed by atoms with Gasteiger partial charge in [-0.1, -0.05) is 25.1 Å². The monoisotopic (exact) mass is 312 g/mol. The minimum atomic E-state index is -0.0671. The number of likely N-dealkylation sites (N-methyl/N-ethyl adjacent to an activating group) is 1. The van der Waals surface area contributed by atoms with Crippen molar-refractivity contribution in [1.29, 1.82) is 0 Å². The molecule has 0 saturated heterocycles. The number of rotatable bonds is 6. The van der Waals surface area contributed by atoms with E-state index in [0.717, 1.165) is 37.1 Å². The number of carbonyl (C=O) groups excluding carboxylic acids is 1. The first-order chi connectivity index (χ1) is 11.2. The molecule has 0 saturated carbocycles. The molecule has 3 rings (SSSR count). The van der Waals surface area contributed by atoms with Crippen LogP contribution in [0, 0.1) is 0 Å². The highest BCUT2D eigenvalue weighted by Gasteiger charge is 2.26. The van der Waals surface area contributed by atoms with Crippen LogP contribution in [0.2, 0.25) is 0 Å². The molecule has 0 spiro atoms. The van der Waals surface area contributed by atoms with Gasteiger partial charge in [0.15, 0.2) is 5.69 Å². The number of aromatic nitrogens is 2. The van der Waals surface area contributed by atoms with Crippen molar-refractivity contribution in [3.05, 3.63) is 47.3 Å². The smallest absolute Gasteiger partial charge is 0.272 e. The Balaban J connectivity index is 1.82. The molecule has 0 fully saturated rings. The minimum Gasteiger partial charge on any atom is -0.349 e. The van der Waals surface area contributed by atoms with E-state index in [9.17, 15) is 4.79 Å². The van der Waals surface area contributed by atoms with Crippen LogP contribution in [-0.2, 0) is 12.8 Å². The van der Waals surface area contributed by atoms with Crippen LogP contribution in [0.4, 0.5) is 0 Å². The second kappa shape index (κ2) is 6.96. The van der Waals surface area contributed by atoms with Crippen molar-refractivity contribution in [2.75, 3.05) is 13.1 Å². The van der Waals surface area contributed by atoms with E-state index >= 15 is 0 Å². The Hall–Kier alpha value is -2.14. The molecule has 5 nitrogen and oxygen atoms in total. The maximum Gasteiger partial charge on any atom is 0.272 e. The molecule has 1 heterocycles. The van der Waals surface area contributed by atoms with Gasteiger partial charge < -0.3 is 10.6 Å². The Kier molecular flexibility index (Phi) is 4.76. The topological polar surface area (TPSA) is 58.9 Å². The molecule has 5 heteroatoms. The third-order valence-corrected chi connectivity index (χ3v) is 4.27. The van der Waals surface area contributed by atoms with Gasteiger partial charge in [-0.2, -0.15) is 5.10 Å². The summed E-state index contributed by atoms with van der Waals surface area (Å²) in [7, 11) is 0. The molecule has 1 aromatic heterocycles.